The molecule has 4 nitrogen and oxygen atoms in total. The number of hydrogen-bond donors (Lipinski definition) is 0. The highest BCUT2D eigenvalue weighted by atomic mass is 16.5. The summed E-state index contributed by atoms with van der Waals surface area (Å²) in [5, 5.41) is 0. The van der Waals surface area contributed by atoms with E-state index in [0.29, 0.717) is 23.2 Å². The number of hydrogen-bond acceptors (Lipinski definition) is 3. The molecule has 4 rings (SSSR count). The first-order valence-electron chi connectivity index (χ1n) is 9.79. The molecule has 0 atom stereocenters. The maximum atomic E-state index is 13.1. The third-order valence-electron chi connectivity index (χ3n) is 5.19. The van der Waals surface area contributed by atoms with E-state index in [0.717, 1.165) is 24.2 Å². The second-order valence-electron chi connectivity index (χ2n) is 7.28. The molecule has 1 saturated carbocycles. The minimum absolute atomic E-state index is 0.00188. The van der Waals surface area contributed by atoms with Crippen molar-refractivity contribution in [2.75, 3.05) is 7.11 Å². The van der Waals surface area contributed by atoms with Gasteiger partial charge in [-0.05, 0) is 42.7 Å². The molecule has 0 aromatic heterocycles. The van der Waals surface area contributed by atoms with Crippen LogP contribution in [0.25, 0.3) is 0 Å². The van der Waals surface area contributed by atoms with Crippen LogP contribution in [-0.4, -0.2) is 29.7 Å². The molecule has 0 aliphatic heterocycles. The van der Waals surface area contributed by atoms with Crippen LogP contribution in [0, 0.1) is 0 Å². The van der Waals surface area contributed by atoms with Crippen molar-refractivity contribution in [3.63, 3.8) is 0 Å². The molecule has 146 valence electrons. The van der Waals surface area contributed by atoms with Crippen molar-refractivity contribution in [1.82, 2.24) is 4.90 Å². The van der Waals surface area contributed by atoms with Crippen molar-refractivity contribution < 1.29 is 14.3 Å². The van der Waals surface area contributed by atoms with Crippen molar-refractivity contribution in [2.45, 2.75) is 25.4 Å². The smallest absolute Gasteiger partial charge is 0.254 e. The van der Waals surface area contributed by atoms with Crippen molar-refractivity contribution in [1.29, 1.82) is 0 Å². The third-order valence-corrected chi connectivity index (χ3v) is 5.19. The number of methoxy groups -OCH3 is 1. The third kappa shape index (κ3) is 4.37. The van der Waals surface area contributed by atoms with Crippen LogP contribution < -0.4 is 4.74 Å². The average Bonchev–Trinajstić information content (AvgIpc) is 3.63. The monoisotopic (exact) mass is 385 g/mol. The first kappa shape index (κ1) is 18.9. The van der Waals surface area contributed by atoms with E-state index in [1.165, 1.54) is 0 Å². The van der Waals surface area contributed by atoms with E-state index in [9.17, 15) is 9.59 Å². The molecule has 1 fully saturated rings. The fraction of sp³-hybridized carbons (Fsp3) is 0.200. The topological polar surface area (TPSA) is 46.6 Å². The molecule has 29 heavy (non-hydrogen) atoms. The van der Waals surface area contributed by atoms with Gasteiger partial charge in [-0.2, -0.15) is 0 Å². The van der Waals surface area contributed by atoms with E-state index >= 15 is 0 Å². The Kier molecular flexibility index (Phi) is 5.43. The van der Waals surface area contributed by atoms with E-state index in [2.05, 4.69) is 0 Å². The highest BCUT2D eigenvalue weighted by Crippen LogP contribution is 2.30. The Morgan fingerprint density at radius 3 is 2.00 bits per heavy atom. The zero-order valence-corrected chi connectivity index (χ0v) is 16.4. The van der Waals surface area contributed by atoms with E-state index in [-0.39, 0.29) is 17.7 Å². The fourth-order valence-corrected chi connectivity index (χ4v) is 3.37. The number of rotatable bonds is 7. The molecular formula is C25H23NO3. The highest BCUT2D eigenvalue weighted by Gasteiger charge is 2.33. The molecule has 3 aromatic rings. The zero-order valence-electron chi connectivity index (χ0n) is 16.4. The van der Waals surface area contributed by atoms with Crippen molar-refractivity contribution in [2.24, 2.45) is 0 Å². The molecule has 0 heterocycles. The van der Waals surface area contributed by atoms with Crippen molar-refractivity contribution in [3.05, 3.63) is 101 Å². The summed E-state index contributed by atoms with van der Waals surface area (Å²) in [6.45, 7) is 0.568. The lowest BCUT2D eigenvalue weighted by atomic mass is 10.0. The van der Waals surface area contributed by atoms with Crippen LogP contribution in [0.15, 0.2) is 78.9 Å². The summed E-state index contributed by atoms with van der Waals surface area (Å²) >= 11 is 0. The summed E-state index contributed by atoms with van der Waals surface area (Å²) in [5.41, 5.74) is 2.91. The van der Waals surface area contributed by atoms with E-state index in [1.54, 1.807) is 43.5 Å². The molecule has 0 bridgehead atoms. The van der Waals surface area contributed by atoms with Crippen LogP contribution in [-0.2, 0) is 6.54 Å². The largest absolute Gasteiger partial charge is 0.497 e. The summed E-state index contributed by atoms with van der Waals surface area (Å²) in [6.07, 6.45) is 2.07. The van der Waals surface area contributed by atoms with Gasteiger partial charge in [-0.25, -0.2) is 0 Å². The Hall–Kier alpha value is -3.40. The summed E-state index contributed by atoms with van der Waals surface area (Å²) in [6, 6.07) is 24.2. The number of nitrogens with zero attached hydrogens (tertiary/aromatic N) is 1. The lowest BCUT2D eigenvalue weighted by Crippen LogP contribution is -2.32. The van der Waals surface area contributed by atoms with Gasteiger partial charge in [-0.1, -0.05) is 54.6 Å². The van der Waals surface area contributed by atoms with Gasteiger partial charge < -0.3 is 9.64 Å². The number of ketones is 1. The minimum atomic E-state index is -0.0399. The zero-order chi connectivity index (χ0) is 20.2. The standard InChI is InChI=1S/C25H23NO3/c1-29-23-15-7-18(8-16-23)17-26(22-13-14-22)25(28)21-11-9-20(10-12-21)24(27)19-5-3-2-4-6-19/h2-12,15-16,22H,13-14,17H2,1H3. The van der Waals surface area contributed by atoms with Crippen LogP contribution in [0.2, 0.25) is 0 Å². The van der Waals surface area contributed by atoms with Gasteiger partial charge in [0, 0.05) is 29.3 Å². The molecular weight excluding hydrogens is 362 g/mol. The predicted molar refractivity (Wildman–Crippen MR) is 112 cm³/mol. The van der Waals surface area contributed by atoms with Gasteiger partial charge in [0.05, 0.1) is 7.11 Å². The van der Waals surface area contributed by atoms with Crippen LogP contribution in [0.5, 0.6) is 5.75 Å². The number of ether oxygens (including phenoxy) is 1. The van der Waals surface area contributed by atoms with Gasteiger partial charge in [0.1, 0.15) is 5.75 Å². The number of carbonyl (C=O) groups is 2. The first-order chi connectivity index (χ1) is 14.2. The summed E-state index contributed by atoms with van der Waals surface area (Å²) in [7, 11) is 1.64. The summed E-state index contributed by atoms with van der Waals surface area (Å²) in [5.74, 6) is 0.764. The second-order valence-corrected chi connectivity index (χ2v) is 7.28. The van der Waals surface area contributed by atoms with Crippen LogP contribution in [0.4, 0.5) is 0 Å². The van der Waals surface area contributed by atoms with Gasteiger partial charge in [-0.15, -0.1) is 0 Å². The Bertz CT molecular complexity index is 991. The van der Waals surface area contributed by atoms with Gasteiger partial charge in [-0.3, -0.25) is 9.59 Å². The lowest BCUT2D eigenvalue weighted by Gasteiger charge is -2.23. The molecule has 1 amide bonds. The molecule has 0 radical (unpaired) electrons. The van der Waals surface area contributed by atoms with E-state index in [1.807, 2.05) is 47.4 Å². The highest BCUT2D eigenvalue weighted by molar-refractivity contribution is 6.09. The van der Waals surface area contributed by atoms with Crippen molar-refractivity contribution >= 4 is 11.7 Å². The molecule has 0 unspecified atom stereocenters. The summed E-state index contributed by atoms with van der Waals surface area (Å²) in [4.78, 5) is 27.6. The molecule has 1 aliphatic carbocycles. The normalized spacial score (nSPS) is 13.0. The van der Waals surface area contributed by atoms with E-state index < -0.39 is 0 Å². The quantitative estimate of drug-likeness (QED) is 0.552. The van der Waals surface area contributed by atoms with Crippen LogP contribution >= 0.6 is 0 Å². The number of amides is 1. The summed E-state index contributed by atoms with van der Waals surface area (Å²) < 4.78 is 5.21. The maximum Gasteiger partial charge on any atom is 0.254 e. The molecule has 3 aromatic carbocycles. The number of benzene rings is 3. The Labute approximate surface area is 170 Å². The Balaban J connectivity index is 1.50. The number of carbonyl (C=O) groups excluding carboxylic acids is 2. The van der Waals surface area contributed by atoms with Gasteiger partial charge >= 0.3 is 0 Å². The minimum Gasteiger partial charge on any atom is -0.497 e. The molecule has 4 heteroatoms. The Morgan fingerprint density at radius 2 is 1.41 bits per heavy atom. The van der Waals surface area contributed by atoms with Gasteiger partial charge in [0.25, 0.3) is 5.91 Å². The van der Waals surface area contributed by atoms with Crippen LogP contribution in [0.1, 0.15) is 44.7 Å². The van der Waals surface area contributed by atoms with E-state index in [4.69, 9.17) is 4.74 Å². The predicted octanol–water partition coefficient (Wildman–Crippen LogP) is 4.73. The molecule has 0 N–H and O–H groups in total. The SMILES string of the molecule is COc1ccc(CN(C(=O)c2ccc(C(=O)c3ccccc3)cc2)C2CC2)cc1. The lowest BCUT2D eigenvalue weighted by molar-refractivity contribution is 0.0729. The fourth-order valence-electron chi connectivity index (χ4n) is 3.37. The molecule has 0 saturated heterocycles. The molecule has 1 aliphatic rings. The van der Waals surface area contributed by atoms with Gasteiger partial charge in [0.2, 0.25) is 0 Å². The second kappa shape index (κ2) is 8.31. The molecule has 0 spiro atoms. The van der Waals surface area contributed by atoms with Crippen LogP contribution in [0.3, 0.4) is 0 Å². The maximum absolute atomic E-state index is 13.1. The average molecular weight is 385 g/mol. The Morgan fingerprint density at radius 1 is 0.828 bits per heavy atom. The first-order valence-corrected chi connectivity index (χ1v) is 9.79. The van der Waals surface area contributed by atoms with Crippen molar-refractivity contribution in [3.8, 4) is 5.75 Å². The van der Waals surface area contributed by atoms with Gasteiger partial charge in [0.15, 0.2) is 5.78 Å².